The van der Waals surface area contributed by atoms with Crippen molar-refractivity contribution in [1.29, 1.82) is 0 Å². The summed E-state index contributed by atoms with van der Waals surface area (Å²) in [5.41, 5.74) is 4.69. The van der Waals surface area contributed by atoms with E-state index in [9.17, 15) is 25.9 Å². The Labute approximate surface area is 296 Å². The van der Waals surface area contributed by atoms with Crippen molar-refractivity contribution in [3.05, 3.63) is 138 Å². The van der Waals surface area contributed by atoms with Gasteiger partial charge in [-0.25, -0.2) is 0 Å². The van der Waals surface area contributed by atoms with E-state index in [2.05, 4.69) is 0 Å². The molecule has 0 amide bonds. The Hall–Kier alpha value is -5.86. The number of furan rings is 3. The van der Waals surface area contributed by atoms with Gasteiger partial charge in [-0.05, 0) is 54.0 Å². The van der Waals surface area contributed by atoms with Crippen LogP contribution in [0, 0.1) is 0 Å². The summed E-state index contributed by atoms with van der Waals surface area (Å²) >= 11 is 0. The molecule has 260 valence electrons. The fourth-order valence-corrected chi connectivity index (χ4v) is 8.11. The molecule has 9 rings (SSSR count). The first-order valence-corrected chi connectivity index (χ1v) is 19.3. The minimum atomic E-state index is -4.56. The van der Waals surface area contributed by atoms with Crippen LogP contribution in [0.15, 0.2) is 134 Å². The maximum Gasteiger partial charge on any atom is 0.283 e. The number of ether oxygens (including phenoxy) is 1. The van der Waals surface area contributed by atoms with Crippen molar-refractivity contribution in [3.63, 3.8) is 0 Å². The Balaban J connectivity index is 1.23. The molecule has 3 aromatic heterocycles. The average Bonchev–Trinajstić information content (AvgIpc) is 3.82. The van der Waals surface area contributed by atoms with Crippen LogP contribution in [0.5, 0.6) is 5.75 Å². The molecular formula is C39H27NO10S2. The van der Waals surface area contributed by atoms with E-state index >= 15 is 0 Å². The predicted molar refractivity (Wildman–Crippen MR) is 198 cm³/mol. The number of hydrogen-bond donors (Lipinski definition) is 2. The highest BCUT2D eigenvalue weighted by Gasteiger charge is 2.32. The third-order valence-electron chi connectivity index (χ3n) is 9.05. The normalized spacial score (nSPS) is 14.8. The standard InChI is InChI=1S/C39H27NO10S2/c41-51(42,43)21-30-29-18-35-27(25-10-4-6-12-32(25)47-35)17-36(29)49-34(30)15-24(14-23-8-2-1-3-9-23)16-39-40(22-52(44,45)46)31-20-37-28(19-38(31)50-39)26-11-5-7-13-33(26)48-37/h1-13,15-20H,14,21-22H2,(H,41,42,43)(H,44,45,46)/b24-15-,39-16+. The largest absolute Gasteiger partial charge is 0.456 e. The van der Waals surface area contributed by atoms with Gasteiger partial charge < -0.3 is 18.0 Å². The Kier molecular flexibility index (Phi) is 7.31. The third-order valence-corrected chi connectivity index (χ3v) is 10.3. The summed E-state index contributed by atoms with van der Waals surface area (Å²) in [5.74, 6) is -0.964. The van der Waals surface area contributed by atoms with Crippen LogP contribution in [-0.4, -0.2) is 31.8 Å². The molecule has 4 heterocycles. The molecule has 1 aliphatic rings. The van der Waals surface area contributed by atoms with Crippen molar-refractivity contribution in [2.24, 2.45) is 0 Å². The zero-order valence-electron chi connectivity index (χ0n) is 27.0. The smallest absolute Gasteiger partial charge is 0.283 e. The van der Waals surface area contributed by atoms with E-state index in [0.29, 0.717) is 50.3 Å². The maximum absolute atomic E-state index is 12.4. The van der Waals surface area contributed by atoms with E-state index in [1.165, 1.54) is 4.90 Å². The van der Waals surface area contributed by atoms with Crippen LogP contribution in [0.3, 0.4) is 0 Å². The van der Waals surface area contributed by atoms with Crippen LogP contribution in [0.25, 0.3) is 60.9 Å². The molecule has 1 aliphatic heterocycles. The quantitative estimate of drug-likeness (QED) is 0.144. The van der Waals surface area contributed by atoms with Crippen molar-refractivity contribution in [1.82, 2.24) is 0 Å². The second kappa shape index (κ2) is 11.9. The molecule has 0 saturated heterocycles. The summed E-state index contributed by atoms with van der Waals surface area (Å²) < 4.78 is 94.2. The zero-order chi connectivity index (χ0) is 35.8. The van der Waals surface area contributed by atoms with Crippen LogP contribution < -0.4 is 9.64 Å². The molecule has 0 fully saturated rings. The molecule has 0 saturated carbocycles. The first-order chi connectivity index (χ1) is 25.0. The molecule has 8 aromatic rings. The molecule has 13 heteroatoms. The highest BCUT2D eigenvalue weighted by Crippen LogP contribution is 2.45. The summed E-state index contributed by atoms with van der Waals surface area (Å²) in [6, 6.07) is 31.3. The van der Waals surface area contributed by atoms with Crippen molar-refractivity contribution in [2.45, 2.75) is 12.2 Å². The minimum absolute atomic E-state index is 0.0863. The summed E-state index contributed by atoms with van der Waals surface area (Å²) in [5, 5.41) is 3.68. The number of nitrogens with zero attached hydrogens (tertiary/aromatic N) is 1. The lowest BCUT2D eigenvalue weighted by Crippen LogP contribution is -2.27. The Morgan fingerprint density at radius 3 is 1.90 bits per heavy atom. The van der Waals surface area contributed by atoms with E-state index < -0.39 is 31.9 Å². The van der Waals surface area contributed by atoms with Gasteiger partial charge in [0, 0.05) is 44.6 Å². The molecule has 5 aromatic carbocycles. The summed E-state index contributed by atoms with van der Waals surface area (Å²) in [6.45, 7) is 0. The lowest BCUT2D eigenvalue weighted by Gasteiger charge is -2.17. The van der Waals surface area contributed by atoms with Crippen molar-refractivity contribution >= 4 is 86.8 Å². The molecular weight excluding hydrogens is 707 g/mol. The highest BCUT2D eigenvalue weighted by atomic mass is 32.2. The lowest BCUT2D eigenvalue weighted by atomic mass is 10.0. The van der Waals surface area contributed by atoms with E-state index in [1.807, 2.05) is 78.9 Å². The lowest BCUT2D eigenvalue weighted by molar-refractivity contribution is 0.436. The van der Waals surface area contributed by atoms with Crippen LogP contribution >= 0.6 is 0 Å². The Bertz CT molecular complexity index is 3030. The number of allylic oxidation sites excluding steroid dienone is 2. The molecule has 0 bridgehead atoms. The van der Waals surface area contributed by atoms with Gasteiger partial charge in [0.25, 0.3) is 20.2 Å². The first-order valence-electron chi connectivity index (χ1n) is 16.1. The number of rotatable bonds is 8. The van der Waals surface area contributed by atoms with E-state index in [-0.39, 0.29) is 23.6 Å². The SMILES string of the molecule is O=S(=O)(O)Cc1c(/C=C(\C=C2\Oc3cc4c(cc3N2CS(=O)(=O)O)oc2ccccc24)Cc2ccccc2)oc2cc3c(cc12)oc1ccccc13. The van der Waals surface area contributed by atoms with E-state index in [1.54, 1.807) is 36.4 Å². The summed E-state index contributed by atoms with van der Waals surface area (Å²) in [4.78, 5) is 1.33. The topological polar surface area (TPSA) is 161 Å². The fourth-order valence-electron chi connectivity index (χ4n) is 6.86. The second-order valence-electron chi connectivity index (χ2n) is 12.6. The van der Waals surface area contributed by atoms with Gasteiger partial charge in [0.15, 0.2) is 11.6 Å². The van der Waals surface area contributed by atoms with Crippen molar-refractivity contribution < 1.29 is 43.9 Å². The zero-order valence-corrected chi connectivity index (χ0v) is 28.6. The monoisotopic (exact) mass is 733 g/mol. The van der Waals surface area contributed by atoms with Gasteiger partial charge >= 0.3 is 0 Å². The van der Waals surface area contributed by atoms with Crippen LogP contribution in [0.1, 0.15) is 16.9 Å². The van der Waals surface area contributed by atoms with Crippen LogP contribution in [0.4, 0.5) is 5.69 Å². The molecule has 0 radical (unpaired) electrons. The predicted octanol–water partition coefficient (Wildman–Crippen LogP) is 8.83. The number of para-hydroxylation sites is 2. The van der Waals surface area contributed by atoms with Gasteiger partial charge in [0.1, 0.15) is 39.4 Å². The molecule has 2 N–H and O–H groups in total. The average molecular weight is 734 g/mol. The third kappa shape index (κ3) is 5.89. The van der Waals surface area contributed by atoms with Crippen LogP contribution in [0.2, 0.25) is 0 Å². The Morgan fingerprint density at radius 1 is 0.635 bits per heavy atom. The van der Waals surface area contributed by atoms with Crippen molar-refractivity contribution in [3.8, 4) is 5.75 Å². The van der Waals surface area contributed by atoms with E-state index in [0.717, 1.165) is 27.1 Å². The molecule has 0 aliphatic carbocycles. The molecule has 0 spiro atoms. The Morgan fingerprint density at radius 2 is 1.23 bits per heavy atom. The summed E-state index contributed by atoms with van der Waals surface area (Å²) in [6.07, 6.45) is 3.53. The van der Waals surface area contributed by atoms with Crippen molar-refractivity contribution in [2.75, 3.05) is 10.8 Å². The van der Waals surface area contributed by atoms with Crippen LogP contribution in [-0.2, 0) is 32.4 Å². The van der Waals surface area contributed by atoms with Gasteiger partial charge in [-0.15, -0.1) is 0 Å². The van der Waals surface area contributed by atoms with E-state index in [4.69, 9.17) is 18.0 Å². The fraction of sp³-hybridized carbons (Fsp3) is 0.0769. The second-order valence-corrected chi connectivity index (χ2v) is 15.5. The van der Waals surface area contributed by atoms with Gasteiger partial charge in [-0.1, -0.05) is 66.7 Å². The summed E-state index contributed by atoms with van der Waals surface area (Å²) in [7, 11) is -9.08. The van der Waals surface area contributed by atoms with Gasteiger partial charge in [0.05, 0.1) is 5.69 Å². The van der Waals surface area contributed by atoms with Gasteiger partial charge in [-0.2, -0.15) is 16.8 Å². The highest BCUT2D eigenvalue weighted by molar-refractivity contribution is 7.85. The number of hydrogen-bond acceptors (Lipinski definition) is 9. The number of anilines is 1. The van der Waals surface area contributed by atoms with Gasteiger partial charge in [0.2, 0.25) is 5.88 Å². The first kappa shape index (κ1) is 32.1. The molecule has 11 nitrogen and oxygen atoms in total. The maximum atomic E-state index is 12.4. The molecule has 52 heavy (non-hydrogen) atoms. The number of fused-ring (bicyclic) bond motifs is 8. The number of benzene rings is 5. The minimum Gasteiger partial charge on any atom is -0.456 e. The molecule has 0 unspecified atom stereocenters. The van der Waals surface area contributed by atoms with Gasteiger partial charge in [-0.3, -0.25) is 14.0 Å². The molecule has 0 atom stereocenters.